The van der Waals surface area contributed by atoms with Crippen LogP contribution in [0.5, 0.6) is 0 Å². The van der Waals surface area contributed by atoms with Gasteiger partial charge in [-0.25, -0.2) is 0 Å². The van der Waals surface area contributed by atoms with Crippen LogP contribution in [0.1, 0.15) is 18.9 Å². The summed E-state index contributed by atoms with van der Waals surface area (Å²) in [6, 6.07) is 8.16. The van der Waals surface area contributed by atoms with Crippen LogP contribution in [0, 0.1) is 0 Å². The fraction of sp³-hybridized carbons (Fsp3) is 0.444. The molecule has 0 radical (unpaired) electrons. The zero-order chi connectivity index (χ0) is 17.6. The molecule has 1 unspecified atom stereocenters. The number of carbonyl (C=O) groups excluding carboxylic acids is 2. The van der Waals surface area contributed by atoms with E-state index in [2.05, 4.69) is 11.9 Å². The van der Waals surface area contributed by atoms with Crippen LogP contribution in [-0.2, 0) is 19.9 Å². The lowest BCUT2D eigenvalue weighted by atomic mass is 9.89. The van der Waals surface area contributed by atoms with Crippen LogP contribution in [0.2, 0.25) is 0 Å². The Bertz CT molecular complexity index is 595. The number of nitrogens with zero attached hydrogens (tertiary/aromatic N) is 1. The number of rotatable bonds is 7. The van der Waals surface area contributed by atoms with Gasteiger partial charge in [0.15, 0.2) is 0 Å². The topological polar surface area (TPSA) is 58.6 Å². The van der Waals surface area contributed by atoms with Gasteiger partial charge in [-0.15, -0.1) is 11.8 Å². The molecular formula is C18H24N2O3S. The SMILES string of the molecule is C=CC(=O)N(CC)CC(=O)NC1(c2ccc(SC)cc2)CCOC1. The van der Waals surface area contributed by atoms with Crippen molar-refractivity contribution >= 4 is 23.6 Å². The van der Waals surface area contributed by atoms with Gasteiger partial charge in [0, 0.05) is 24.5 Å². The second-order valence-corrected chi connectivity index (χ2v) is 6.60. The van der Waals surface area contributed by atoms with Crippen LogP contribution in [0.4, 0.5) is 0 Å². The maximum atomic E-state index is 12.5. The average Bonchev–Trinajstić information content (AvgIpc) is 3.08. The number of likely N-dealkylation sites (N-methyl/N-ethyl adjacent to an activating group) is 1. The quantitative estimate of drug-likeness (QED) is 0.606. The fourth-order valence-corrected chi connectivity index (χ4v) is 3.24. The predicted molar refractivity (Wildman–Crippen MR) is 95.9 cm³/mol. The molecule has 1 aliphatic rings. The van der Waals surface area contributed by atoms with Crippen LogP contribution in [0.25, 0.3) is 0 Å². The Labute approximate surface area is 147 Å². The van der Waals surface area contributed by atoms with Crippen molar-refractivity contribution in [1.29, 1.82) is 0 Å². The van der Waals surface area contributed by atoms with Gasteiger partial charge in [0.1, 0.15) is 0 Å². The molecular weight excluding hydrogens is 324 g/mol. The number of benzene rings is 1. The van der Waals surface area contributed by atoms with E-state index in [0.717, 1.165) is 12.0 Å². The summed E-state index contributed by atoms with van der Waals surface area (Å²) in [6.07, 6.45) is 3.98. The maximum absolute atomic E-state index is 12.5. The van der Waals surface area contributed by atoms with E-state index >= 15 is 0 Å². The summed E-state index contributed by atoms with van der Waals surface area (Å²) in [5.41, 5.74) is 0.509. The molecule has 24 heavy (non-hydrogen) atoms. The highest BCUT2D eigenvalue weighted by molar-refractivity contribution is 7.98. The molecule has 2 amide bonds. The summed E-state index contributed by atoms with van der Waals surface area (Å²) in [6.45, 7) is 6.84. The van der Waals surface area contributed by atoms with E-state index in [1.54, 1.807) is 11.8 Å². The second kappa shape index (κ2) is 8.35. The zero-order valence-corrected chi connectivity index (χ0v) is 15.0. The van der Waals surface area contributed by atoms with E-state index in [-0.39, 0.29) is 18.4 Å². The van der Waals surface area contributed by atoms with Gasteiger partial charge in [-0.05, 0) is 37.0 Å². The van der Waals surface area contributed by atoms with Gasteiger partial charge < -0.3 is 15.0 Å². The number of hydrogen-bond donors (Lipinski definition) is 1. The number of nitrogens with one attached hydrogen (secondary N) is 1. The molecule has 6 heteroatoms. The first-order valence-corrected chi connectivity index (χ1v) is 9.21. The first kappa shape index (κ1) is 18.5. The number of ether oxygens (including phenoxy) is 1. The molecule has 1 aliphatic heterocycles. The first-order valence-electron chi connectivity index (χ1n) is 7.99. The monoisotopic (exact) mass is 348 g/mol. The van der Waals surface area contributed by atoms with Crippen LogP contribution >= 0.6 is 11.8 Å². The fourth-order valence-electron chi connectivity index (χ4n) is 2.83. The zero-order valence-electron chi connectivity index (χ0n) is 14.2. The van der Waals surface area contributed by atoms with Crippen LogP contribution in [0.3, 0.4) is 0 Å². The van der Waals surface area contributed by atoms with Crippen molar-refractivity contribution in [3.8, 4) is 0 Å². The van der Waals surface area contributed by atoms with Crippen LogP contribution < -0.4 is 5.32 Å². The smallest absolute Gasteiger partial charge is 0.246 e. The molecule has 5 nitrogen and oxygen atoms in total. The van der Waals surface area contributed by atoms with E-state index in [0.29, 0.717) is 19.8 Å². The number of hydrogen-bond acceptors (Lipinski definition) is 4. The van der Waals surface area contributed by atoms with E-state index in [9.17, 15) is 9.59 Å². The predicted octanol–water partition coefficient (Wildman–Crippen LogP) is 2.17. The molecule has 1 N–H and O–H groups in total. The molecule has 1 atom stereocenters. The highest BCUT2D eigenvalue weighted by Crippen LogP contribution is 2.31. The first-order chi connectivity index (χ1) is 11.5. The average molecular weight is 348 g/mol. The summed E-state index contributed by atoms with van der Waals surface area (Å²) in [5, 5.41) is 3.09. The summed E-state index contributed by atoms with van der Waals surface area (Å²) in [4.78, 5) is 26.9. The molecule has 1 saturated heterocycles. The summed E-state index contributed by atoms with van der Waals surface area (Å²) in [7, 11) is 0. The summed E-state index contributed by atoms with van der Waals surface area (Å²) in [5.74, 6) is -0.430. The van der Waals surface area contributed by atoms with Gasteiger partial charge in [0.05, 0.1) is 18.7 Å². The largest absolute Gasteiger partial charge is 0.379 e. The van der Waals surface area contributed by atoms with E-state index in [4.69, 9.17) is 4.74 Å². The lowest BCUT2D eigenvalue weighted by Gasteiger charge is -2.31. The van der Waals surface area contributed by atoms with Crippen molar-refractivity contribution in [1.82, 2.24) is 10.2 Å². The molecule has 0 spiro atoms. The second-order valence-electron chi connectivity index (χ2n) is 5.72. The standard InChI is InChI=1S/C18H24N2O3S/c1-4-17(22)20(5-2)12-16(21)19-18(10-11-23-13-18)14-6-8-15(24-3)9-7-14/h4,6-9H,1,5,10-13H2,2-3H3,(H,19,21). The molecule has 1 aromatic carbocycles. The van der Waals surface area contributed by atoms with Crippen molar-refractivity contribution in [3.63, 3.8) is 0 Å². The Morgan fingerprint density at radius 2 is 2.12 bits per heavy atom. The highest BCUT2D eigenvalue weighted by Gasteiger charge is 2.38. The molecule has 0 aliphatic carbocycles. The Kier molecular flexibility index (Phi) is 6.45. The van der Waals surface area contributed by atoms with Gasteiger partial charge in [-0.2, -0.15) is 0 Å². The van der Waals surface area contributed by atoms with Gasteiger partial charge in [0.2, 0.25) is 11.8 Å². The van der Waals surface area contributed by atoms with Crippen molar-refractivity contribution in [3.05, 3.63) is 42.5 Å². The molecule has 0 aromatic heterocycles. The third kappa shape index (κ3) is 4.19. The number of thioether (sulfide) groups is 1. The molecule has 1 fully saturated rings. The molecule has 1 aromatic rings. The molecule has 0 bridgehead atoms. The summed E-state index contributed by atoms with van der Waals surface area (Å²) >= 11 is 1.68. The Morgan fingerprint density at radius 3 is 2.62 bits per heavy atom. The van der Waals surface area contributed by atoms with Gasteiger partial charge in [0.25, 0.3) is 0 Å². The molecule has 2 rings (SSSR count). The lowest BCUT2D eigenvalue weighted by Crippen LogP contribution is -2.50. The third-order valence-electron chi connectivity index (χ3n) is 4.25. The minimum atomic E-state index is -0.523. The highest BCUT2D eigenvalue weighted by atomic mass is 32.2. The Morgan fingerprint density at radius 1 is 1.42 bits per heavy atom. The van der Waals surface area contributed by atoms with Crippen LogP contribution in [0.15, 0.2) is 41.8 Å². The van der Waals surface area contributed by atoms with Crippen LogP contribution in [-0.4, -0.2) is 49.3 Å². The van der Waals surface area contributed by atoms with Crippen molar-refractivity contribution in [2.24, 2.45) is 0 Å². The Balaban J connectivity index is 2.13. The number of amides is 2. The van der Waals surface area contributed by atoms with E-state index < -0.39 is 5.54 Å². The van der Waals surface area contributed by atoms with E-state index in [1.165, 1.54) is 15.9 Å². The number of carbonyl (C=O) groups is 2. The Hall–Kier alpha value is -1.79. The molecule has 0 saturated carbocycles. The minimum absolute atomic E-state index is 0.0198. The lowest BCUT2D eigenvalue weighted by molar-refractivity contribution is -0.133. The summed E-state index contributed by atoms with van der Waals surface area (Å²) < 4.78 is 5.56. The maximum Gasteiger partial charge on any atom is 0.246 e. The van der Waals surface area contributed by atoms with Crippen molar-refractivity contribution in [2.45, 2.75) is 23.8 Å². The van der Waals surface area contributed by atoms with Gasteiger partial charge in [-0.3, -0.25) is 9.59 Å². The minimum Gasteiger partial charge on any atom is -0.379 e. The normalized spacial score (nSPS) is 19.8. The third-order valence-corrected chi connectivity index (χ3v) is 4.99. The van der Waals surface area contributed by atoms with Gasteiger partial charge in [-0.1, -0.05) is 18.7 Å². The van der Waals surface area contributed by atoms with Crippen molar-refractivity contribution in [2.75, 3.05) is 32.6 Å². The molecule has 1 heterocycles. The molecule has 130 valence electrons. The van der Waals surface area contributed by atoms with Crippen molar-refractivity contribution < 1.29 is 14.3 Å². The van der Waals surface area contributed by atoms with E-state index in [1.807, 2.05) is 37.4 Å². The van der Waals surface area contributed by atoms with Gasteiger partial charge >= 0.3 is 0 Å².